The van der Waals surface area contributed by atoms with E-state index < -0.39 is 0 Å². The molecule has 0 aliphatic carbocycles. The SMILES string of the molecule is COc1ccc(OC)c(/C=C(\C#N)c2ccc(-c3oc4c(OC)cccc4c3C(=O)NCC(C)C)cc2)c1. The molecule has 0 bridgehead atoms. The van der Waals surface area contributed by atoms with E-state index >= 15 is 0 Å². The highest BCUT2D eigenvalue weighted by molar-refractivity contribution is 6.12. The number of hydrogen-bond donors (Lipinski definition) is 1. The average molecular weight is 511 g/mol. The zero-order chi connectivity index (χ0) is 27.2. The Kier molecular flexibility index (Phi) is 8.03. The van der Waals surface area contributed by atoms with E-state index in [1.54, 1.807) is 45.6 Å². The predicted octanol–water partition coefficient (Wildman–Crippen LogP) is 6.58. The number of rotatable bonds is 9. The Hall–Kier alpha value is -4.70. The maximum atomic E-state index is 13.3. The standard InChI is InChI=1S/C31H30N2O5/c1-19(2)18-33-31(34)28-25-7-6-8-27(37-5)30(25)38-29(28)21-11-9-20(10-12-21)23(17-32)15-22-16-24(35-3)13-14-26(22)36-4/h6-16,19H,18H2,1-5H3,(H,33,34)/b23-15+. The molecule has 0 unspecified atom stereocenters. The van der Waals surface area contributed by atoms with Crippen molar-refractivity contribution in [2.24, 2.45) is 5.92 Å². The van der Waals surface area contributed by atoms with Gasteiger partial charge in [0.05, 0.1) is 38.5 Å². The fourth-order valence-electron chi connectivity index (χ4n) is 4.16. The molecule has 1 heterocycles. The van der Waals surface area contributed by atoms with E-state index in [1.807, 2.05) is 56.3 Å². The molecule has 0 spiro atoms. The molecule has 0 saturated carbocycles. The summed E-state index contributed by atoms with van der Waals surface area (Å²) in [6.45, 7) is 4.62. The van der Waals surface area contributed by atoms with E-state index in [4.69, 9.17) is 18.6 Å². The van der Waals surface area contributed by atoms with Crippen molar-refractivity contribution in [3.8, 4) is 34.6 Å². The lowest BCUT2D eigenvalue weighted by atomic mass is 9.99. The number of methoxy groups -OCH3 is 3. The number of carbonyl (C=O) groups is 1. The van der Waals surface area contributed by atoms with Gasteiger partial charge in [-0.15, -0.1) is 0 Å². The first-order chi connectivity index (χ1) is 18.4. The Labute approximate surface area is 222 Å². The Morgan fingerprint density at radius 2 is 1.74 bits per heavy atom. The number of hydrogen-bond acceptors (Lipinski definition) is 6. The zero-order valence-corrected chi connectivity index (χ0v) is 22.1. The van der Waals surface area contributed by atoms with Crippen molar-refractivity contribution in [1.82, 2.24) is 5.32 Å². The van der Waals surface area contributed by atoms with Crippen LogP contribution in [0.25, 0.3) is 33.9 Å². The van der Waals surface area contributed by atoms with Gasteiger partial charge in [0, 0.05) is 23.1 Å². The lowest BCUT2D eigenvalue weighted by molar-refractivity contribution is 0.0950. The molecule has 0 aliphatic rings. The second-order valence-corrected chi connectivity index (χ2v) is 9.10. The third-order valence-electron chi connectivity index (χ3n) is 6.11. The third-order valence-corrected chi connectivity index (χ3v) is 6.11. The normalized spacial score (nSPS) is 11.3. The summed E-state index contributed by atoms with van der Waals surface area (Å²) in [5.41, 5.74) is 3.54. The number of carbonyl (C=O) groups excluding carboxylic acids is 1. The van der Waals surface area contributed by atoms with Gasteiger partial charge in [0.2, 0.25) is 0 Å². The van der Waals surface area contributed by atoms with Crippen LogP contribution < -0.4 is 19.5 Å². The quantitative estimate of drug-likeness (QED) is 0.202. The molecular weight excluding hydrogens is 480 g/mol. The van der Waals surface area contributed by atoms with Crippen LogP contribution in [0.2, 0.25) is 0 Å². The minimum atomic E-state index is -0.215. The van der Waals surface area contributed by atoms with Gasteiger partial charge in [0.25, 0.3) is 5.91 Å². The van der Waals surface area contributed by atoms with Gasteiger partial charge >= 0.3 is 0 Å². The molecule has 0 atom stereocenters. The van der Waals surface area contributed by atoms with Crippen molar-refractivity contribution >= 4 is 28.5 Å². The molecule has 0 aliphatic heterocycles. The van der Waals surface area contributed by atoms with Crippen molar-refractivity contribution < 1.29 is 23.4 Å². The minimum Gasteiger partial charge on any atom is -0.497 e. The van der Waals surface area contributed by atoms with Crippen molar-refractivity contribution in [2.45, 2.75) is 13.8 Å². The summed E-state index contributed by atoms with van der Waals surface area (Å²) in [4.78, 5) is 13.3. The Balaban J connectivity index is 1.77. The Morgan fingerprint density at radius 3 is 2.37 bits per heavy atom. The highest BCUT2D eigenvalue weighted by Gasteiger charge is 2.24. The van der Waals surface area contributed by atoms with E-state index in [0.29, 0.717) is 68.7 Å². The van der Waals surface area contributed by atoms with E-state index in [9.17, 15) is 10.1 Å². The topological polar surface area (TPSA) is 93.7 Å². The third kappa shape index (κ3) is 5.35. The van der Waals surface area contributed by atoms with Crippen LogP contribution >= 0.6 is 0 Å². The number of ether oxygens (including phenoxy) is 3. The van der Waals surface area contributed by atoms with Crippen LogP contribution in [-0.4, -0.2) is 33.8 Å². The number of nitrogens with zero attached hydrogens (tertiary/aromatic N) is 1. The second-order valence-electron chi connectivity index (χ2n) is 9.10. The number of amides is 1. The molecule has 7 nitrogen and oxygen atoms in total. The number of benzene rings is 3. The molecule has 1 aromatic heterocycles. The summed E-state index contributed by atoms with van der Waals surface area (Å²) in [7, 11) is 4.73. The lowest BCUT2D eigenvalue weighted by Gasteiger charge is -2.09. The van der Waals surface area contributed by atoms with Crippen LogP contribution in [0.5, 0.6) is 17.2 Å². The summed E-state index contributed by atoms with van der Waals surface area (Å²) in [6.07, 6.45) is 1.76. The zero-order valence-electron chi connectivity index (χ0n) is 22.1. The van der Waals surface area contributed by atoms with Crippen molar-refractivity contribution in [3.05, 3.63) is 77.4 Å². The van der Waals surface area contributed by atoms with Crippen LogP contribution in [0.1, 0.15) is 35.3 Å². The molecule has 38 heavy (non-hydrogen) atoms. The van der Waals surface area contributed by atoms with Gasteiger partial charge in [0.15, 0.2) is 11.3 Å². The number of nitrogens with one attached hydrogen (secondary N) is 1. The van der Waals surface area contributed by atoms with Gasteiger partial charge in [-0.2, -0.15) is 5.26 Å². The van der Waals surface area contributed by atoms with Crippen LogP contribution in [-0.2, 0) is 0 Å². The van der Waals surface area contributed by atoms with Crippen LogP contribution in [0.3, 0.4) is 0 Å². The fraction of sp³-hybridized carbons (Fsp3) is 0.226. The number of allylic oxidation sites excluding steroid dienone is 1. The predicted molar refractivity (Wildman–Crippen MR) is 148 cm³/mol. The smallest absolute Gasteiger partial charge is 0.255 e. The van der Waals surface area contributed by atoms with Crippen molar-refractivity contribution in [1.29, 1.82) is 5.26 Å². The maximum absolute atomic E-state index is 13.3. The lowest BCUT2D eigenvalue weighted by Crippen LogP contribution is -2.27. The molecule has 4 aromatic rings. The number of nitriles is 1. The van der Waals surface area contributed by atoms with Crippen LogP contribution in [0, 0.1) is 17.2 Å². The molecule has 1 amide bonds. The van der Waals surface area contributed by atoms with Gasteiger partial charge in [-0.3, -0.25) is 4.79 Å². The number of para-hydroxylation sites is 1. The first-order valence-electron chi connectivity index (χ1n) is 12.2. The maximum Gasteiger partial charge on any atom is 0.255 e. The number of fused-ring (bicyclic) bond motifs is 1. The van der Waals surface area contributed by atoms with E-state index in [1.165, 1.54) is 0 Å². The first-order valence-corrected chi connectivity index (χ1v) is 12.2. The summed E-state index contributed by atoms with van der Waals surface area (Å²) < 4.78 is 22.5. The second kappa shape index (κ2) is 11.6. The molecular formula is C31H30N2O5. The van der Waals surface area contributed by atoms with Crippen LogP contribution in [0.4, 0.5) is 0 Å². The summed E-state index contributed by atoms with van der Waals surface area (Å²) in [5, 5.41) is 13.6. The molecule has 4 rings (SSSR count). The fourth-order valence-corrected chi connectivity index (χ4v) is 4.16. The minimum absolute atomic E-state index is 0.215. The summed E-state index contributed by atoms with van der Waals surface area (Å²) >= 11 is 0. The van der Waals surface area contributed by atoms with Crippen molar-refractivity contribution in [3.63, 3.8) is 0 Å². The molecule has 3 aromatic carbocycles. The molecule has 0 saturated heterocycles. The van der Waals surface area contributed by atoms with Crippen molar-refractivity contribution in [2.75, 3.05) is 27.9 Å². The van der Waals surface area contributed by atoms with E-state index in [-0.39, 0.29) is 5.91 Å². The molecule has 1 N–H and O–H groups in total. The van der Waals surface area contributed by atoms with Crippen LogP contribution in [0.15, 0.2) is 65.1 Å². The number of furan rings is 1. The summed E-state index contributed by atoms with van der Waals surface area (Å²) in [6, 6.07) is 20.5. The van der Waals surface area contributed by atoms with E-state index in [0.717, 1.165) is 5.56 Å². The Bertz CT molecular complexity index is 1520. The highest BCUT2D eigenvalue weighted by Crippen LogP contribution is 2.38. The monoisotopic (exact) mass is 510 g/mol. The van der Waals surface area contributed by atoms with E-state index in [2.05, 4.69) is 11.4 Å². The molecule has 194 valence electrons. The largest absolute Gasteiger partial charge is 0.497 e. The molecule has 7 heteroatoms. The first kappa shape index (κ1) is 26.4. The highest BCUT2D eigenvalue weighted by atomic mass is 16.5. The van der Waals surface area contributed by atoms with Gasteiger partial charge < -0.3 is 23.9 Å². The molecule has 0 fully saturated rings. The van der Waals surface area contributed by atoms with Gasteiger partial charge in [-0.25, -0.2) is 0 Å². The Morgan fingerprint density at radius 1 is 1.00 bits per heavy atom. The van der Waals surface area contributed by atoms with Gasteiger partial charge in [0.1, 0.15) is 17.3 Å². The summed E-state index contributed by atoms with van der Waals surface area (Å²) in [5.74, 6) is 2.36. The average Bonchev–Trinajstić information content (AvgIpc) is 3.34. The van der Waals surface area contributed by atoms with Gasteiger partial charge in [-0.1, -0.05) is 50.2 Å². The van der Waals surface area contributed by atoms with Gasteiger partial charge in [-0.05, 0) is 41.8 Å². The molecule has 0 radical (unpaired) electrons.